The number of nitrogens with zero attached hydrogens (tertiary/aromatic N) is 7. The minimum Gasteiger partial charge on any atom is -0.507 e. The van der Waals surface area contributed by atoms with Gasteiger partial charge < -0.3 is 34.8 Å². The molecule has 3 saturated heterocycles. The first-order chi connectivity index (χ1) is 30.4. The van der Waals surface area contributed by atoms with Crippen molar-refractivity contribution in [3.8, 4) is 27.4 Å². The number of fused-ring (bicyclic) bond motifs is 5. The number of phenolic OH excluding ortho intramolecular Hbond substituents is 1. The number of para-hydroxylation sites is 1. The van der Waals surface area contributed by atoms with E-state index in [1.165, 1.54) is 9.78 Å². The number of phenols is 1. The zero-order valence-corrected chi connectivity index (χ0v) is 37.2. The Morgan fingerprint density at radius 1 is 0.952 bits per heavy atom. The quantitative estimate of drug-likeness (QED) is 0.134. The van der Waals surface area contributed by atoms with Gasteiger partial charge in [0.15, 0.2) is 11.6 Å². The highest BCUT2D eigenvalue weighted by molar-refractivity contribution is 7.18. The summed E-state index contributed by atoms with van der Waals surface area (Å²) in [5.41, 5.74) is 7.21. The number of piperazine rings is 1. The predicted octanol–water partition coefficient (Wildman–Crippen LogP) is 6.66. The van der Waals surface area contributed by atoms with Gasteiger partial charge in [0.2, 0.25) is 17.7 Å². The fourth-order valence-corrected chi connectivity index (χ4v) is 12.2. The topological polar surface area (TPSA) is 178 Å². The van der Waals surface area contributed by atoms with Crippen molar-refractivity contribution in [1.82, 2.24) is 35.5 Å². The molecule has 63 heavy (non-hydrogen) atoms. The number of aromatic hydroxyl groups is 1. The van der Waals surface area contributed by atoms with Gasteiger partial charge in [0, 0.05) is 53.9 Å². The molecule has 0 spiro atoms. The molecule has 3 amide bonds. The molecule has 3 aliphatic heterocycles. The molecule has 1 aliphatic carbocycles. The predicted molar refractivity (Wildman–Crippen MR) is 240 cm³/mol. The molecule has 7 atom stereocenters. The van der Waals surface area contributed by atoms with Crippen LogP contribution in [0.3, 0.4) is 0 Å². The normalized spacial score (nSPS) is 22.8. The second kappa shape index (κ2) is 16.4. The number of β-amino-alcohol motifs (C(OH)–C–C–N with tert-alkyl or cyclic N) is 1. The van der Waals surface area contributed by atoms with E-state index in [2.05, 4.69) is 35.5 Å². The molecular weight excluding hydrogens is 837 g/mol. The van der Waals surface area contributed by atoms with Gasteiger partial charge in [-0.3, -0.25) is 14.4 Å². The first-order valence-electron chi connectivity index (χ1n) is 21.8. The van der Waals surface area contributed by atoms with E-state index >= 15 is 0 Å². The minimum atomic E-state index is -0.834. The molecule has 7 heterocycles. The summed E-state index contributed by atoms with van der Waals surface area (Å²) in [7, 11) is 0. The molecule has 10 rings (SSSR count). The molecule has 6 aromatic rings. The molecule has 0 saturated carbocycles. The van der Waals surface area contributed by atoms with Gasteiger partial charge in [0.05, 0.1) is 46.0 Å². The average Bonchev–Trinajstić information content (AvgIpc) is 4.15. The van der Waals surface area contributed by atoms with Gasteiger partial charge in [0.25, 0.3) is 0 Å². The van der Waals surface area contributed by atoms with Crippen LogP contribution < -0.4 is 10.2 Å². The fraction of sp³-hybridized carbons (Fsp3) is 0.426. The Morgan fingerprint density at radius 3 is 2.49 bits per heavy atom. The third-order valence-corrected chi connectivity index (χ3v) is 15.7. The van der Waals surface area contributed by atoms with Crippen molar-refractivity contribution >= 4 is 56.4 Å². The lowest BCUT2D eigenvalue weighted by molar-refractivity contribution is -0.141. The number of aliphatic hydroxyl groups is 1. The van der Waals surface area contributed by atoms with Crippen molar-refractivity contribution in [3.63, 3.8) is 0 Å². The van der Waals surface area contributed by atoms with Gasteiger partial charge in [-0.05, 0) is 80.3 Å². The van der Waals surface area contributed by atoms with Gasteiger partial charge in [-0.2, -0.15) is 0 Å². The van der Waals surface area contributed by atoms with E-state index in [0.717, 1.165) is 56.7 Å². The summed E-state index contributed by atoms with van der Waals surface area (Å²) in [5.74, 6) is -0.227. The number of carbonyl (C=O) groups excluding carboxylic acids is 3. The van der Waals surface area contributed by atoms with Crippen LogP contribution in [0, 0.1) is 18.8 Å². The maximum Gasteiger partial charge on any atom is 0.243 e. The molecular formula is C47H50N8O6S2. The summed E-state index contributed by atoms with van der Waals surface area (Å²) >= 11 is 3.23. The smallest absolute Gasteiger partial charge is 0.243 e. The lowest BCUT2D eigenvalue weighted by Crippen LogP contribution is -2.51. The Labute approximate surface area is 372 Å². The summed E-state index contributed by atoms with van der Waals surface area (Å²) < 4.78 is 5.94. The average molecular weight is 887 g/mol. The van der Waals surface area contributed by atoms with Crippen molar-refractivity contribution in [2.24, 2.45) is 11.8 Å². The lowest BCUT2D eigenvalue weighted by atomic mass is 9.86. The number of hydrogen-bond donors (Lipinski definition) is 3. The number of rotatable bonds is 10. The molecule has 4 aromatic heterocycles. The van der Waals surface area contributed by atoms with Crippen LogP contribution in [-0.4, -0.2) is 102 Å². The molecule has 3 fully saturated rings. The maximum absolute atomic E-state index is 14.4. The van der Waals surface area contributed by atoms with E-state index < -0.39 is 18.1 Å². The second-order valence-electron chi connectivity index (χ2n) is 17.9. The van der Waals surface area contributed by atoms with Crippen LogP contribution in [0.25, 0.3) is 31.9 Å². The number of thiazole rings is 1. The van der Waals surface area contributed by atoms with Crippen LogP contribution in [0.2, 0.25) is 0 Å². The van der Waals surface area contributed by atoms with Gasteiger partial charge in [0.1, 0.15) is 22.5 Å². The van der Waals surface area contributed by atoms with Crippen molar-refractivity contribution < 1.29 is 29.1 Å². The number of hydrogen-bond acceptors (Lipinski definition) is 13. The van der Waals surface area contributed by atoms with Crippen LogP contribution in [0.5, 0.6) is 5.75 Å². The molecule has 14 nitrogen and oxygen atoms in total. The number of carbonyl (C=O) groups is 3. The number of aliphatic hydroxyl groups excluding tert-OH is 1. The number of aryl methyl sites for hydroxylation is 2. The summed E-state index contributed by atoms with van der Waals surface area (Å²) in [5, 5.41) is 38.7. The number of amides is 3. The van der Waals surface area contributed by atoms with Gasteiger partial charge in [-0.25, -0.2) is 4.98 Å². The molecule has 3 N–H and O–H groups in total. The molecule has 4 aliphatic rings. The van der Waals surface area contributed by atoms with Crippen LogP contribution in [0.15, 0.2) is 70.7 Å². The first kappa shape index (κ1) is 41.3. The van der Waals surface area contributed by atoms with Gasteiger partial charge in [-0.15, -0.1) is 32.9 Å². The van der Waals surface area contributed by atoms with Crippen molar-refractivity contribution in [2.75, 3.05) is 24.5 Å². The number of aromatic nitrogens is 4. The van der Waals surface area contributed by atoms with E-state index in [-0.39, 0.29) is 66.4 Å². The summed E-state index contributed by atoms with van der Waals surface area (Å²) in [6.07, 6.45) is 2.39. The third-order valence-electron chi connectivity index (χ3n) is 13.6. The van der Waals surface area contributed by atoms with Gasteiger partial charge in [-0.1, -0.05) is 55.4 Å². The van der Waals surface area contributed by atoms with Crippen LogP contribution in [0.4, 0.5) is 5.82 Å². The van der Waals surface area contributed by atoms with Crippen molar-refractivity contribution in [1.29, 1.82) is 0 Å². The van der Waals surface area contributed by atoms with E-state index in [0.29, 0.717) is 42.3 Å². The minimum absolute atomic E-state index is 0.0393. The Bertz CT molecular complexity index is 2710. The molecule has 0 radical (unpaired) electrons. The van der Waals surface area contributed by atoms with Crippen LogP contribution in [0.1, 0.15) is 79.5 Å². The lowest BCUT2D eigenvalue weighted by Gasteiger charge is -2.36. The zero-order valence-electron chi connectivity index (χ0n) is 35.6. The number of likely N-dealkylation sites (tertiary alicyclic amines) is 2. The maximum atomic E-state index is 14.4. The number of benzene rings is 2. The van der Waals surface area contributed by atoms with E-state index in [1.54, 1.807) is 34.8 Å². The summed E-state index contributed by atoms with van der Waals surface area (Å²) in [6.45, 7) is 9.05. The number of nitrogens with one attached hydrogen (secondary N) is 1. The molecule has 2 aromatic carbocycles. The zero-order chi connectivity index (χ0) is 43.7. The molecule has 0 unspecified atom stereocenters. The van der Waals surface area contributed by atoms with E-state index in [1.807, 2.05) is 81.7 Å². The number of thiophene rings is 1. The van der Waals surface area contributed by atoms with E-state index in [4.69, 9.17) is 4.52 Å². The fourth-order valence-electron chi connectivity index (χ4n) is 10.2. The van der Waals surface area contributed by atoms with Crippen LogP contribution in [-0.2, 0) is 27.2 Å². The monoisotopic (exact) mass is 886 g/mol. The Morgan fingerprint density at radius 2 is 1.76 bits per heavy atom. The highest BCUT2D eigenvalue weighted by atomic mass is 32.1. The molecule has 326 valence electrons. The van der Waals surface area contributed by atoms with Crippen LogP contribution >= 0.6 is 22.7 Å². The molecule has 2 bridgehead atoms. The highest BCUT2D eigenvalue weighted by Gasteiger charge is 2.49. The summed E-state index contributed by atoms with van der Waals surface area (Å²) in [4.78, 5) is 55.7. The standard InChI is InChI=1S/C47H50N8O6S2/c1-24(2)42(47(60)55-22-32(56)17-37(55)44(58)49-25(3)27-9-11-28(12-10-27)43-26(4)48-23-62-43)39-19-41(52-61-39)53-20-31-16-30(53)21-54(31)46(59)29-13-14-40-34(15-29)35-18-36(50-51-45(35)63-40)33-7-5-6-8-38(33)57/h5-12,18-19,23-25,29-32,37,42,56-57H,13-17,20-22H2,1-4H3,(H,49,58)/t25-,29-,30+,31+,32+,37-,42+/m0/s1. The van der Waals surface area contributed by atoms with E-state index in [9.17, 15) is 24.6 Å². The molecule has 16 heteroatoms. The Balaban J connectivity index is 0.786. The largest absolute Gasteiger partial charge is 0.507 e. The van der Waals surface area contributed by atoms with Crippen molar-refractivity contribution in [3.05, 3.63) is 93.6 Å². The highest BCUT2D eigenvalue weighted by Crippen LogP contribution is 2.42. The SMILES string of the molecule is Cc1ncsc1-c1ccc([C@H](C)NC(=O)[C@@H]2C[C@@H](O)CN2C(=O)[C@@H](c2cc(N3C[C@H]4C[C@@H]3CN4C(=O)[C@H]3CCc4sc5nnc(-c6ccccc6O)cc5c4C3)no2)C(C)C)cc1. The summed E-state index contributed by atoms with van der Waals surface area (Å²) in [6, 6.07) is 18.0. The second-order valence-corrected chi connectivity index (χ2v) is 19.9. The van der Waals surface area contributed by atoms with Crippen molar-refractivity contribution in [2.45, 2.75) is 96.0 Å². The number of anilines is 1. The Kier molecular flexibility index (Phi) is 10.8. The van der Waals surface area contributed by atoms with Gasteiger partial charge >= 0.3 is 0 Å². The Hall–Kier alpha value is -5.71. The first-order valence-corrected chi connectivity index (χ1v) is 23.5. The third kappa shape index (κ3) is 7.54.